The summed E-state index contributed by atoms with van der Waals surface area (Å²) < 4.78 is 6.48. The third kappa shape index (κ3) is 6.67. The second kappa shape index (κ2) is 11.2. The molecule has 0 saturated heterocycles. The van der Waals surface area contributed by atoms with Gasteiger partial charge in [0.05, 0.1) is 17.7 Å². The van der Waals surface area contributed by atoms with Crippen LogP contribution in [-0.2, 0) is 4.79 Å². The maximum Gasteiger partial charge on any atom is 0.319 e. The number of hydrogen-bond donors (Lipinski definition) is 4. The Balaban J connectivity index is 1.83. The van der Waals surface area contributed by atoms with Gasteiger partial charge in [0.2, 0.25) is 8.32 Å². The summed E-state index contributed by atoms with van der Waals surface area (Å²) in [5, 5.41) is 19.4. The molecule has 0 radical (unpaired) electrons. The monoisotopic (exact) mass is 501 g/mol. The fraction of sp³-hybridized carbons (Fsp3) is 0.630. The van der Waals surface area contributed by atoms with Crippen molar-refractivity contribution >= 4 is 20.3 Å². The highest BCUT2D eigenvalue weighted by molar-refractivity contribution is 6.74. The Morgan fingerprint density at radius 1 is 1.23 bits per heavy atom. The fourth-order valence-corrected chi connectivity index (χ4v) is 5.62. The number of hydrogen-bond acceptors (Lipinski definition) is 4. The molecule has 1 aromatic carbocycles. The van der Waals surface area contributed by atoms with Gasteiger partial charge in [-0.25, -0.2) is 4.79 Å². The van der Waals surface area contributed by atoms with Crippen molar-refractivity contribution in [3.8, 4) is 5.75 Å². The highest BCUT2D eigenvalue weighted by Crippen LogP contribution is 2.38. The molecule has 3 rings (SSSR count). The number of nitrogens with one attached hydrogen (secondary N) is 3. The molecule has 4 N–H and O–H groups in total. The van der Waals surface area contributed by atoms with E-state index in [4.69, 9.17) is 4.43 Å². The second-order valence-corrected chi connectivity index (χ2v) is 16.1. The standard InChI is InChI=1S/C27H43N3O4Si/c1-7-21-23(25(32)28-17-22(31)18-12-9-8-10-13-18)24(30-26(33)29-21)19-14-11-15-20(16-19)34-35(5,6)27(2,3)4/h11,14-16,18,22,24,31H,7-10,12-13,17H2,1-6H3,(H,28,32)(H2,29,30,33). The van der Waals surface area contributed by atoms with Gasteiger partial charge in [-0.2, -0.15) is 0 Å². The third-order valence-corrected chi connectivity index (χ3v) is 12.1. The lowest BCUT2D eigenvalue weighted by molar-refractivity contribution is -0.118. The van der Waals surface area contributed by atoms with Crippen LogP contribution in [0.2, 0.25) is 18.1 Å². The molecule has 0 bridgehead atoms. The van der Waals surface area contributed by atoms with E-state index in [-0.39, 0.29) is 29.4 Å². The van der Waals surface area contributed by atoms with Gasteiger partial charge in [0.25, 0.3) is 5.91 Å². The number of aliphatic hydroxyl groups excluding tert-OH is 1. The van der Waals surface area contributed by atoms with Crippen LogP contribution >= 0.6 is 0 Å². The highest BCUT2D eigenvalue weighted by atomic mass is 28.4. The van der Waals surface area contributed by atoms with Gasteiger partial charge in [0.15, 0.2) is 0 Å². The molecule has 2 unspecified atom stereocenters. The summed E-state index contributed by atoms with van der Waals surface area (Å²) in [5.74, 6) is 0.699. The van der Waals surface area contributed by atoms with Crippen LogP contribution in [0.15, 0.2) is 35.5 Å². The topological polar surface area (TPSA) is 99.7 Å². The summed E-state index contributed by atoms with van der Waals surface area (Å²) in [4.78, 5) is 25.8. The summed E-state index contributed by atoms with van der Waals surface area (Å²) in [6.07, 6.45) is 5.43. The number of allylic oxidation sites excluding steroid dienone is 1. The van der Waals surface area contributed by atoms with Crippen LogP contribution in [0.1, 0.15) is 77.8 Å². The molecular weight excluding hydrogens is 458 g/mol. The van der Waals surface area contributed by atoms with Crippen LogP contribution in [0.25, 0.3) is 0 Å². The first-order chi connectivity index (χ1) is 16.4. The van der Waals surface area contributed by atoms with E-state index in [1.807, 2.05) is 31.2 Å². The van der Waals surface area contributed by atoms with Crippen molar-refractivity contribution in [1.29, 1.82) is 0 Å². The number of benzene rings is 1. The van der Waals surface area contributed by atoms with E-state index in [1.54, 1.807) is 0 Å². The van der Waals surface area contributed by atoms with Gasteiger partial charge in [-0.15, -0.1) is 0 Å². The van der Waals surface area contributed by atoms with Crippen LogP contribution in [-0.4, -0.2) is 38.0 Å². The number of carbonyl (C=O) groups is 2. The zero-order valence-electron chi connectivity index (χ0n) is 22.2. The molecular formula is C27H43N3O4Si. The lowest BCUT2D eigenvalue weighted by Crippen LogP contribution is -2.48. The molecule has 3 amide bonds. The average molecular weight is 502 g/mol. The van der Waals surface area contributed by atoms with Crippen molar-refractivity contribution in [2.75, 3.05) is 6.54 Å². The van der Waals surface area contributed by atoms with Crippen molar-refractivity contribution < 1.29 is 19.1 Å². The second-order valence-electron chi connectivity index (χ2n) is 11.4. The Morgan fingerprint density at radius 3 is 2.54 bits per heavy atom. The smallest absolute Gasteiger partial charge is 0.319 e. The van der Waals surface area contributed by atoms with Gasteiger partial charge in [-0.3, -0.25) is 4.79 Å². The predicted molar refractivity (Wildman–Crippen MR) is 142 cm³/mol. The van der Waals surface area contributed by atoms with Crippen LogP contribution in [0, 0.1) is 5.92 Å². The molecule has 2 atom stereocenters. The van der Waals surface area contributed by atoms with E-state index in [1.165, 1.54) is 6.42 Å². The van der Waals surface area contributed by atoms with Crippen LogP contribution in [0.5, 0.6) is 5.75 Å². The maximum atomic E-state index is 13.4. The van der Waals surface area contributed by atoms with E-state index < -0.39 is 20.5 Å². The molecule has 1 aromatic rings. The minimum atomic E-state index is -2.05. The summed E-state index contributed by atoms with van der Waals surface area (Å²) in [6, 6.07) is 6.73. The zero-order chi connectivity index (χ0) is 25.8. The minimum absolute atomic E-state index is 0.0471. The summed E-state index contributed by atoms with van der Waals surface area (Å²) in [6.45, 7) is 13.1. The van der Waals surface area contributed by atoms with E-state index in [0.29, 0.717) is 17.7 Å². The summed E-state index contributed by atoms with van der Waals surface area (Å²) in [5.41, 5.74) is 1.87. The Labute approximate surface area is 211 Å². The van der Waals surface area contributed by atoms with Gasteiger partial charge < -0.3 is 25.5 Å². The van der Waals surface area contributed by atoms with Crippen molar-refractivity contribution in [1.82, 2.24) is 16.0 Å². The maximum absolute atomic E-state index is 13.4. The molecule has 1 aliphatic heterocycles. The highest BCUT2D eigenvalue weighted by Gasteiger charge is 2.39. The van der Waals surface area contributed by atoms with E-state index in [0.717, 1.165) is 37.0 Å². The largest absolute Gasteiger partial charge is 0.543 e. The Hall–Kier alpha value is -2.32. The number of rotatable bonds is 8. The molecule has 1 heterocycles. The number of carbonyl (C=O) groups excluding carboxylic acids is 2. The van der Waals surface area contributed by atoms with Gasteiger partial charge in [0.1, 0.15) is 5.75 Å². The Bertz CT molecular complexity index is 948. The molecule has 35 heavy (non-hydrogen) atoms. The minimum Gasteiger partial charge on any atom is -0.543 e. The van der Waals surface area contributed by atoms with Gasteiger partial charge in [-0.05, 0) is 61.0 Å². The van der Waals surface area contributed by atoms with Crippen LogP contribution < -0.4 is 20.4 Å². The first kappa shape index (κ1) is 27.3. The van der Waals surface area contributed by atoms with E-state index in [2.05, 4.69) is 49.8 Å². The molecule has 194 valence electrons. The summed E-state index contributed by atoms with van der Waals surface area (Å²) in [7, 11) is -2.05. The van der Waals surface area contributed by atoms with Crippen LogP contribution in [0.3, 0.4) is 0 Å². The predicted octanol–water partition coefficient (Wildman–Crippen LogP) is 5.15. The van der Waals surface area contributed by atoms with Crippen molar-refractivity contribution in [3.63, 3.8) is 0 Å². The first-order valence-corrected chi connectivity index (χ1v) is 15.9. The number of urea groups is 1. The first-order valence-electron chi connectivity index (χ1n) is 13.0. The van der Waals surface area contributed by atoms with Gasteiger partial charge in [0, 0.05) is 12.2 Å². The SMILES string of the molecule is CCC1=C(C(=O)NCC(O)C2CCCCC2)C(c2cccc(O[Si](C)(C)C(C)(C)C)c2)NC(=O)N1. The van der Waals surface area contributed by atoms with Gasteiger partial charge >= 0.3 is 6.03 Å². The van der Waals surface area contributed by atoms with E-state index in [9.17, 15) is 14.7 Å². The van der Waals surface area contributed by atoms with Crippen molar-refractivity contribution in [2.45, 2.75) is 96.5 Å². The van der Waals surface area contributed by atoms with Gasteiger partial charge in [-0.1, -0.05) is 59.1 Å². The molecule has 0 spiro atoms. The molecule has 2 aliphatic rings. The molecule has 0 aromatic heterocycles. The normalized spacial score (nSPS) is 20.7. The van der Waals surface area contributed by atoms with Crippen molar-refractivity contribution in [3.05, 3.63) is 41.1 Å². The molecule has 8 heteroatoms. The van der Waals surface area contributed by atoms with Crippen molar-refractivity contribution in [2.24, 2.45) is 5.92 Å². The number of aliphatic hydroxyl groups is 1. The summed E-state index contributed by atoms with van der Waals surface area (Å²) >= 11 is 0. The lowest BCUT2D eigenvalue weighted by Gasteiger charge is -2.37. The zero-order valence-corrected chi connectivity index (χ0v) is 23.2. The third-order valence-electron chi connectivity index (χ3n) is 7.79. The molecule has 7 nitrogen and oxygen atoms in total. The molecule has 1 fully saturated rings. The number of amides is 3. The lowest BCUT2D eigenvalue weighted by atomic mass is 9.85. The molecule has 1 saturated carbocycles. The Morgan fingerprint density at radius 2 is 1.91 bits per heavy atom. The Kier molecular flexibility index (Phi) is 8.70. The quantitative estimate of drug-likeness (QED) is 0.370. The average Bonchev–Trinajstić information content (AvgIpc) is 2.81. The molecule has 1 aliphatic carbocycles. The fourth-order valence-electron chi connectivity index (χ4n) is 4.60. The van der Waals surface area contributed by atoms with Crippen LogP contribution in [0.4, 0.5) is 4.79 Å². The van der Waals surface area contributed by atoms with E-state index >= 15 is 0 Å².